The highest BCUT2D eigenvalue weighted by Crippen LogP contribution is 2.27. The molecule has 0 aliphatic carbocycles. The molecule has 1 fully saturated rings. The number of benzene rings is 3. The van der Waals surface area contributed by atoms with Crippen LogP contribution in [-0.4, -0.2) is 48.9 Å². The van der Waals surface area contributed by atoms with Crippen LogP contribution < -0.4 is 20.9 Å². The van der Waals surface area contributed by atoms with Crippen molar-refractivity contribution in [3.63, 3.8) is 0 Å². The van der Waals surface area contributed by atoms with Crippen LogP contribution in [0.5, 0.6) is 0 Å². The van der Waals surface area contributed by atoms with Crippen LogP contribution in [0.15, 0.2) is 89.5 Å². The van der Waals surface area contributed by atoms with Gasteiger partial charge in [-0.2, -0.15) is 0 Å². The Morgan fingerprint density at radius 3 is 2.29 bits per heavy atom. The molecule has 1 aliphatic heterocycles. The predicted molar refractivity (Wildman–Crippen MR) is 155 cm³/mol. The number of furan rings is 1. The van der Waals surface area contributed by atoms with Gasteiger partial charge in [0, 0.05) is 49.8 Å². The van der Waals surface area contributed by atoms with E-state index in [9.17, 15) is 18.8 Å². The Bertz CT molecular complexity index is 1530. The van der Waals surface area contributed by atoms with Crippen LogP contribution >= 0.6 is 0 Å². The summed E-state index contributed by atoms with van der Waals surface area (Å²) in [6, 6.07) is 21.6. The second kappa shape index (κ2) is 12.4. The monoisotopic (exact) mass is 555 g/mol. The predicted octanol–water partition coefficient (Wildman–Crippen LogP) is 5.26. The lowest BCUT2D eigenvalue weighted by atomic mass is 10.1. The van der Waals surface area contributed by atoms with Crippen molar-refractivity contribution in [1.29, 1.82) is 0 Å². The minimum absolute atomic E-state index is 0.149. The number of rotatable bonds is 7. The first kappa shape index (κ1) is 27.4. The SMILES string of the molecule is Cc1cccc(NC(=O)N2CCN(c3ccc(NC(=O)c4ccco4)cc3C(=O)NCc3ccc(F)cc3)CC2)c1. The first-order valence-electron chi connectivity index (χ1n) is 13.2. The number of carbonyl (C=O) groups is 3. The number of aryl methyl sites for hydroxylation is 1. The van der Waals surface area contributed by atoms with Gasteiger partial charge in [0.2, 0.25) is 0 Å². The molecule has 4 aromatic rings. The maximum atomic E-state index is 13.4. The number of amides is 4. The van der Waals surface area contributed by atoms with Gasteiger partial charge in [0.1, 0.15) is 5.82 Å². The summed E-state index contributed by atoms with van der Waals surface area (Å²) in [5.74, 6) is -0.989. The fourth-order valence-corrected chi connectivity index (χ4v) is 4.63. The highest BCUT2D eigenvalue weighted by molar-refractivity contribution is 6.05. The van der Waals surface area contributed by atoms with Crippen molar-refractivity contribution in [2.75, 3.05) is 41.7 Å². The minimum Gasteiger partial charge on any atom is -0.459 e. The van der Waals surface area contributed by atoms with E-state index in [0.29, 0.717) is 43.1 Å². The van der Waals surface area contributed by atoms with E-state index in [1.54, 1.807) is 47.4 Å². The van der Waals surface area contributed by atoms with Crippen LogP contribution in [0.1, 0.15) is 32.0 Å². The quantitative estimate of drug-likeness (QED) is 0.288. The minimum atomic E-state index is -0.436. The third-order valence-electron chi connectivity index (χ3n) is 6.79. The zero-order chi connectivity index (χ0) is 28.8. The van der Waals surface area contributed by atoms with Gasteiger partial charge in [-0.3, -0.25) is 9.59 Å². The van der Waals surface area contributed by atoms with Crippen molar-refractivity contribution in [3.05, 3.63) is 113 Å². The molecule has 0 atom stereocenters. The molecule has 10 heteroatoms. The second-order valence-corrected chi connectivity index (χ2v) is 9.75. The highest BCUT2D eigenvalue weighted by Gasteiger charge is 2.25. The van der Waals surface area contributed by atoms with Crippen LogP contribution in [-0.2, 0) is 6.54 Å². The van der Waals surface area contributed by atoms with Crippen molar-refractivity contribution in [2.45, 2.75) is 13.5 Å². The van der Waals surface area contributed by atoms with E-state index in [1.165, 1.54) is 18.4 Å². The summed E-state index contributed by atoms with van der Waals surface area (Å²) in [7, 11) is 0. The zero-order valence-electron chi connectivity index (χ0n) is 22.5. The lowest BCUT2D eigenvalue weighted by Crippen LogP contribution is -2.50. The molecule has 0 spiro atoms. The summed E-state index contributed by atoms with van der Waals surface area (Å²) in [5, 5.41) is 8.59. The molecular formula is C31H30FN5O4. The van der Waals surface area contributed by atoms with E-state index >= 15 is 0 Å². The Hall–Kier alpha value is -5.12. The maximum Gasteiger partial charge on any atom is 0.321 e. The van der Waals surface area contributed by atoms with E-state index in [1.807, 2.05) is 36.1 Å². The summed E-state index contributed by atoms with van der Waals surface area (Å²) in [4.78, 5) is 42.6. The molecule has 0 bridgehead atoms. The summed E-state index contributed by atoms with van der Waals surface area (Å²) in [5.41, 5.74) is 4.01. The largest absolute Gasteiger partial charge is 0.459 e. The van der Waals surface area contributed by atoms with E-state index < -0.39 is 5.91 Å². The zero-order valence-corrected chi connectivity index (χ0v) is 22.5. The normalized spacial score (nSPS) is 13.0. The molecule has 1 saturated heterocycles. The summed E-state index contributed by atoms with van der Waals surface area (Å²) in [6.45, 7) is 4.12. The molecule has 0 unspecified atom stereocenters. The summed E-state index contributed by atoms with van der Waals surface area (Å²) in [6.07, 6.45) is 1.41. The molecule has 0 radical (unpaired) electrons. The molecule has 4 amide bonds. The Morgan fingerprint density at radius 1 is 0.829 bits per heavy atom. The number of nitrogens with zero attached hydrogens (tertiary/aromatic N) is 2. The van der Waals surface area contributed by atoms with E-state index in [2.05, 4.69) is 16.0 Å². The van der Waals surface area contributed by atoms with Gasteiger partial charge in [-0.1, -0.05) is 24.3 Å². The molecule has 3 N–H and O–H groups in total. The lowest BCUT2D eigenvalue weighted by Gasteiger charge is -2.37. The van der Waals surface area contributed by atoms with Crippen molar-refractivity contribution >= 4 is 34.9 Å². The maximum absolute atomic E-state index is 13.4. The van der Waals surface area contributed by atoms with Gasteiger partial charge >= 0.3 is 6.03 Å². The summed E-state index contributed by atoms with van der Waals surface area (Å²) < 4.78 is 18.5. The van der Waals surface area contributed by atoms with Gasteiger partial charge in [-0.15, -0.1) is 0 Å². The van der Waals surface area contributed by atoms with Crippen molar-refractivity contribution in [1.82, 2.24) is 10.2 Å². The number of halogens is 1. The lowest BCUT2D eigenvalue weighted by molar-refractivity contribution is 0.0949. The smallest absolute Gasteiger partial charge is 0.321 e. The van der Waals surface area contributed by atoms with Crippen LogP contribution in [0.25, 0.3) is 0 Å². The Kier molecular flexibility index (Phi) is 8.28. The molecule has 1 aliphatic rings. The third kappa shape index (κ3) is 6.91. The molecule has 1 aromatic heterocycles. The van der Waals surface area contributed by atoms with Crippen LogP contribution in [0.4, 0.5) is 26.2 Å². The molecular weight excluding hydrogens is 525 g/mol. The fraction of sp³-hybridized carbons (Fsp3) is 0.194. The molecule has 0 saturated carbocycles. The molecule has 5 rings (SSSR count). The van der Waals surface area contributed by atoms with E-state index in [0.717, 1.165) is 16.8 Å². The average Bonchev–Trinajstić information content (AvgIpc) is 3.52. The van der Waals surface area contributed by atoms with Gasteiger partial charge in [0.15, 0.2) is 5.76 Å². The van der Waals surface area contributed by atoms with Crippen LogP contribution in [0, 0.1) is 12.7 Å². The summed E-state index contributed by atoms with van der Waals surface area (Å²) >= 11 is 0. The molecule has 2 heterocycles. The van der Waals surface area contributed by atoms with E-state index in [-0.39, 0.29) is 30.1 Å². The Labute approximate surface area is 236 Å². The topological polar surface area (TPSA) is 107 Å². The van der Waals surface area contributed by atoms with Crippen molar-refractivity contribution in [2.24, 2.45) is 0 Å². The standard InChI is InChI=1S/C31H30FN5O4/c1-21-4-2-5-24(18-21)35-31(40)37-15-13-36(14-16-37)27-12-11-25(34-30(39)28-6-3-17-41-28)19-26(27)29(38)33-20-22-7-9-23(32)10-8-22/h2-12,17-19H,13-16,20H2,1H3,(H,33,38)(H,34,39)(H,35,40). The fourth-order valence-electron chi connectivity index (χ4n) is 4.63. The molecule has 9 nitrogen and oxygen atoms in total. The van der Waals surface area contributed by atoms with Gasteiger partial charge in [0.05, 0.1) is 11.8 Å². The number of nitrogens with one attached hydrogen (secondary N) is 3. The van der Waals surface area contributed by atoms with Gasteiger partial charge in [-0.05, 0) is 72.6 Å². The third-order valence-corrected chi connectivity index (χ3v) is 6.79. The Balaban J connectivity index is 1.30. The molecule has 41 heavy (non-hydrogen) atoms. The van der Waals surface area contributed by atoms with Crippen LogP contribution in [0.3, 0.4) is 0 Å². The van der Waals surface area contributed by atoms with Gasteiger partial charge < -0.3 is 30.2 Å². The van der Waals surface area contributed by atoms with Crippen molar-refractivity contribution < 1.29 is 23.2 Å². The number of urea groups is 1. The van der Waals surface area contributed by atoms with E-state index in [4.69, 9.17) is 4.42 Å². The number of hydrogen-bond donors (Lipinski definition) is 3. The van der Waals surface area contributed by atoms with Crippen molar-refractivity contribution in [3.8, 4) is 0 Å². The molecule has 210 valence electrons. The average molecular weight is 556 g/mol. The molecule has 3 aromatic carbocycles. The number of carbonyl (C=O) groups excluding carboxylic acids is 3. The number of hydrogen-bond acceptors (Lipinski definition) is 5. The van der Waals surface area contributed by atoms with Gasteiger partial charge in [0.25, 0.3) is 11.8 Å². The first-order valence-corrected chi connectivity index (χ1v) is 13.2. The Morgan fingerprint density at radius 2 is 1.59 bits per heavy atom. The van der Waals surface area contributed by atoms with Gasteiger partial charge in [-0.25, -0.2) is 9.18 Å². The van der Waals surface area contributed by atoms with Crippen LogP contribution in [0.2, 0.25) is 0 Å². The highest BCUT2D eigenvalue weighted by atomic mass is 19.1. The number of piperazine rings is 1. The first-order chi connectivity index (χ1) is 19.9. The number of anilines is 3. The second-order valence-electron chi connectivity index (χ2n) is 9.75.